The number of carbonyl (C=O) groups excluding carboxylic acids is 1. The van der Waals surface area contributed by atoms with Crippen LogP contribution in [-0.2, 0) is 14.8 Å². The molecule has 1 aliphatic rings. The highest BCUT2D eigenvalue weighted by molar-refractivity contribution is 7.89. The molecular weight excluding hydrogens is 396 g/mol. The molecule has 1 saturated heterocycles. The van der Waals surface area contributed by atoms with Crippen molar-refractivity contribution in [3.8, 4) is 0 Å². The number of sulfonamides is 1. The van der Waals surface area contributed by atoms with Gasteiger partial charge in [-0.15, -0.1) is 0 Å². The number of hydrogen-bond acceptors (Lipinski definition) is 6. The highest BCUT2D eigenvalue weighted by Crippen LogP contribution is 2.30. The van der Waals surface area contributed by atoms with Crippen LogP contribution >= 0.6 is 11.7 Å². The highest BCUT2D eigenvalue weighted by atomic mass is 32.2. The maximum absolute atomic E-state index is 13.4. The molecule has 0 saturated carbocycles. The van der Waals surface area contributed by atoms with Crippen molar-refractivity contribution < 1.29 is 13.2 Å². The summed E-state index contributed by atoms with van der Waals surface area (Å²) in [6, 6.07) is 4.37. The Hall–Kier alpha value is -1.58. The van der Waals surface area contributed by atoms with Crippen molar-refractivity contribution in [3.63, 3.8) is 0 Å². The predicted molar refractivity (Wildman–Crippen MR) is 111 cm³/mol. The van der Waals surface area contributed by atoms with Crippen molar-refractivity contribution >= 4 is 38.7 Å². The van der Waals surface area contributed by atoms with Crippen LogP contribution in [0, 0.1) is 0 Å². The lowest BCUT2D eigenvalue weighted by molar-refractivity contribution is -0.134. The van der Waals surface area contributed by atoms with E-state index in [0.29, 0.717) is 43.5 Å². The quantitative estimate of drug-likeness (QED) is 0.617. The summed E-state index contributed by atoms with van der Waals surface area (Å²) in [5.74, 6) is -0.0634. The van der Waals surface area contributed by atoms with Gasteiger partial charge >= 0.3 is 0 Å². The smallest absolute Gasteiger partial charge is 0.246 e. The minimum Gasteiger partial charge on any atom is -0.341 e. The zero-order valence-corrected chi connectivity index (χ0v) is 18.1. The third kappa shape index (κ3) is 4.21. The first-order valence-corrected chi connectivity index (χ1v) is 12.2. The Labute approximate surface area is 171 Å². The fourth-order valence-corrected chi connectivity index (χ4v) is 6.04. The standard InChI is InChI=1S/C19H28N4O3S2/c1-3-5-12-22(13-6-4-2)19(24)16-10-8-14-23(16)28(25,26)17-11-7-9-15-18(17)21-27-20-15/h7,9,11,16H,3-6,8,10,12-14H2,1-2H3/t16-/m1/s1. The number of fused-ring (bicyclic) bond motifs is 1. The van der Waals surface area contributed by atoms with Crippen molar-refractivity contribution in [2.75, 3.05) is 19.6 Å². The zero-order chi connectivity index (χ0) is 20.1. The minimum atomic E-state index is -3.81. The third-order valence-corrected chi connectivity index (χ3v) is 7.68. The summed E-state index contributed by atoms with van der Waals surface area (Å²) in [4.78, 5) is 15.3. The Balaban J connectivity index is 1.88. The van der Waals surface area contributed by atoms with Gasteiger partial charge in [0.15, 0.2) is 0 Å². The number of rotatable bonds is 9. The van der Waals surface area contributed by atoms with Gasteiger partial charge in [0.1, 0.15) is 22.0 Å². The van der Waals surface area contributed by atoms with Crippen molar-refractivity contribution in [1.82, 2.24) is 18.0 Å². The summed E-state index contributed by atoms with van der Waals surface area (Å²) < 4.78 is 36.5. The summed E-state index contributed by atoms with van der Waals surface area (Å²) in [5, 5.41) is 0. The number of nitrogens with zero attached hydrogens (tertiary/aromatic N) is 4. The monoisotopic (exact) mass is 424 g/mol. The molecule has 3 rings (SSSR count). The van der Waals surface area contributed by atoms with Gasteiger partial charge in [-0.05, 0) is 37.8 Å². The normalized spacial score (nSPS) is 18.0. The molecule has 0 bridgehead atoms. The first kappa shape index (κ1) is 21.1. The van der Waals surface area contributed by atoms with E-state index in [2.05, 4.69) is 22.6 Å². The van der Waals surface area contributed by atoms with Gasteiger partial charge < -0.3 is 4.90 Å². The molecule has 2 aromatic rings. The lowest BCUT2D eigenvalue weighted by atomic mass is 10.1. The topological polar surface area (TPSA) is 83.5 Å². The van der Waals surface area contributed by atoms with Gasteiger partial charge in [0.25, 0.3) is 0 Å². The average molecular weight is 425 g/mol. The maximum atomic E-state index is 13.4. The van der Waals surface area contributed by atoms with Gasteiger partial charge in [0, 0.05) is 19.6 Å². The lowest BCUT2D eigenvalue weighted by Gasteiger charge is -2.30. The molecule has 1 fully saturated rings. The van der Waals surface area contributed by atoms with Gasteiger partial charge in [-0.3, -0.25) is 4.79 Å². The number of amides is 1. The highest BCUT2D eigenvalue weighted by Gasteiger charge is 2.41. The van der Waals surface area contributed by atoms with Crippen LogP contribution in [0.3, 0.4) is 0 Å². The van der Waals surface area contributed by atoms with Gasteiger partial charge in [-0.2, -0.15) is 13.1 Å². The van der Waals surface area contributed by atoms with Crippen molar-refractivity contribution in [3.05, 3.63) is 18.2 Å². The summed E-state index contributed by atoms with van der Waals surface area (Å²) in [5.41, 5.74) is 0.958. The molecule has 1 aliphatic heterocycles. The Morgan fingerprint density at radius 2 is 1.93 bits per heavy atom. The molecule has 0 spiro atoms. The second-order valence-electron chi connectivity index (χ2n) is 7.19. The molecule has 2 heterocycles. The molecule has 0 aliphatic carbocycles. The molecular formula is C19H28N4O3S2. The fourth-order valence-electron chi connectivity index (χ4n) is 3.63. The Kier molecular flexibility index (Phi) is 7.00. The summed E-state index contributed by atoms with van der Waals surface area (Å²) >= 11 is 0.998. The molecule has 0 radical (unpaired) electrons. The van der Waals surface area contributed by atoms with Crippen molar-refractivity contribution in [2.45, 2.75) is 63.3 Å². The van der Waals surface area contributed by atoms with E-state index in [1.54, 1.807) is 18.2 Å². The van der Waals surface area contributed by atoms with Crippen molar-refractivity contribution in [2.24, 2.45) is 0 Å². The molecule has 0 unspecified atom stereocenters. The summed E-state index contributed by atoms with van der Waals surface area (Å²) in [6.07, 6.45) is 5.12. The van der Waals surface area contributed by atoms with Gasteiger partial charge in [-0.1, -0.05) is 32.8 Å². The van der Waals surface area contributed by atoms with Crippen LogP contribution in [0.5, 0.6) is 0 Å². The zero-order valence-electron chi connectivity index (χ0n) is 16.5. The van der Waals surface area contributed by atoms with E-state index in [4.69, 9.17) is 0 Å². The van der Waals surface area contributed by atoms with Crippen LogP contribution < -0.4 is 0 Å². The van der Waals surface area contributed by atoms with Crippen LogP contribution in [0.25, 0.3) is 11.0 Å². The van der Waals surface area contributed by atoms with E-state index in [9.17, 15) is 13.2 Å². The second-order valence-corrected chi connectivity index (χ2v) is 9.58. The molecule has 1 amide bonds. The van der Waals surface area contributed by atoms with Crippen LogP contribution in [0.1, 0.15) is 52.4 Å². The molecule has 154 valence electrons. The first-order chi connectivity index (χ1) is 13.5. The molecule has 28 heavy (non-hydrogen) atoms. The largest absolute Gasteiger partial charge is 0.341 e. The number of carbonyl (C=O) groups is 1. The average Bonchev–Trinajstić information content (AvgIpc) is 3.36. The summed E-state index contributed by atoms with van der Waals surface area (Å²) in [6.45, 7) is 5.92. The van der Waals surface area contributed by atoms with E-state index in [1.165, 1.54) is 4.31 Å². The number of aromatic nitrogens is 2. The number of benzene rings is 1. The minimum absolute atomic E-state index is 0.0634. The van der Waals surface area contributed by atoms with E-state index in [1.807, 2.05) is 4.90 Å². The van der Waals surface area contributed by atoms with Crippen LogP contribution in [0.2, 0.25) is 0 Å². The number of hydrogen-bond donors (Lipinski definition) is 0. The Bertz CT molecular complexity index is 905. The lowest BCUT2D eigenvalue weighted by Crippen LogP contribution is -2.48. The first-order valence-electron chi connectivity index (χ1n) is 10.0. The molecule has 1 aromatic carbocycles. The molecule has 7 nitrogen and oxygen atoms in total. The van der Waals surface area contributed by atoms with E-state index in [-0.39, 0.29) is 10.8 Å². The molecule has 1 atom stereocenters. The SMILES string of the molecule is CCCCN(CCCC)C(=O)[C@H]1CCCN1S(=O)(=O)c1cccc2nsnc12. The Morgan fingerprint density at radius 1 is 1.21 bits per heavy atom. The molecule has 9 heteroatoms. The van der Waals surface area contributed by atoms with Crippen LogP contribution in [0.15, 0.2) is 23.1 Å². The Morgan fingerprint density at radius 3 is 2.61 bits per heavy atom. The van der Waals surface area contributed by atoms with E-state index in [0.717, 1.165) is 37.4 Å². The van der Waals surface area contributed by atoms with Crippen LogP contribution in [0.4, 0.5) is 0 Å². The molecule has 1 aromatic heterocycles. The van der Waals surface area contributed by atoms with Gasteiger partial charge in [0.05, 0.1) is 11.7 Å². The third-order valence-electron chi connectivity index (χ3n) is 5.20. The van der Waals surface area contributed by atoms with Crippen LogP contribution in [-0.4, -0.2) is 58.0 Å². The van der Waals surface area contributed by atoms with Gasteiger partial charge in [0.2, 0.25) is 15.9 Å². The number of unbranched alkanes of at least 4 members (excludes halogenated alkanes) is 2. The van der Waals surface area contributed by atoms with Gasteiger partial charge in [-0.25, -0.2) is 8.42 Å². The molecule has 0 N–H and O–H groups in total. The predicted octanol–water partition coefficient (Wildman–Crippen LogP) is 3.27. The fraction of sp³-hybridized carbons (Fsp3) is 0.632. The second kappa shape index (κ2) is 9.28. The van der Waals surface area contributed by atoms with E-state index >= 15 is 0 Å². The maximum Gasteiger partial charge on any atom is 0.246 e. The summed E-state index contributed by atoms with van der Waals surface area (Å²) in [7, 11) is -3.81. The van der Waals surface area contributed by atoms with E-state index < -0.39 is 16.1 Å². The van der Waals surface area contributed by atoms with Crippen molar-refractivity contribution in [1.29, 1.82) is 0 Å².